The van der Waals surface area contributed by atoms with Gasteiger partial charge in [0.2, 0.25) is 0 Å². The maximum Gasteiger partial charge on any atom is 0.149 e. The second kappa shape index (κ2) is 4.08. The summed E-state index contributed by atoms with van der Waals surface area (Å²) in [7, 11) is 0. The molecule has 0 spiro atoms. The van der Waals surface area contributed by atoms with E-state index in [1.165, 1.54) is 18.2 Å². The van der Waals surface area contributed by atoms with E-state index >= 15 is 0 Å². The van der Waals surface area contributed by atoms with Crippen molar-refractivity contribution in [2.24, 2.45) is 0 Å². The minimum Gasteiger partial charge on any atom is -0.382 e. The van der Waals surface area contributed by atoms with E-state index in [0.29, 0.717) is 11.1 Å². The zero-order chi connectivity index (χ0) is 12.6. The monoisotopic (exact) mass is 235 g/mol. The Hall–Kier alpha value is -2.04. The summed E-state index contributed by atoms with van der Waals surface area (Å²) >= 11 is 0. The summed E-state index contributed by atoms with van der Waals surface area (Å²) in [6.45, 7) is 3.45. The van der Waals surface area contributed by atoms with Crippen molar-refractivity contribution in [3.63, 3.8) is 0 Å². The van der Waals surface area contributed by atoms with Crippen LogP contribution in [0.4, 0.5) is 14.6 Å². The molecule has 0 bridgehead atoms. The number of nitrogen functional groups attached to an aromatic ring is 1. The molecule has 0 atom stereocenters. The molecule has 2 aromatic rings. The number of anilines is 1. The van der Waals surface area contributed by atoms with E-state index in [9.17, 15) is 8.78 Å². The molecular formula is C12H11F2N3. The number of rotatable bonds is 1. The number of benzene rings is 1. The lowest BCUT2D eigenvalue weighted by Crippen LogP contribution is -2.04. The standard InChI is InChI=1S/C12H11F2N3/c1-6-7(2)12(15)17-16-11(6)10-8(13)4-3-5-9(10)14/h3-5H,1-2H3,(H2,15,17). The van der Waals surface area contributed by atoms with Crippen LogP contribution in [0.1, 0.15) is 11.1 Å². The van der Waals surface area contributed by atoms with Crippen molar-refractivity contribution in [1.82, 2.24) is 10.2 Å². The lowest BCUT2D eigenvalue weighted by atomic mass is 10.0. The summed E-state index contributed by atoms with van der Waals surface area (Å²) in [4.78, 5) is 0. The lowest BCUT2D eigenvalue weighted by molar-refractivity contribution is 0.588. The van der Waals surface area contributed by atoms with Crippen LogP contribution in [0.5, 0.6) is 0 Å². The molecule has 0 saturated carbocycles. The van der Waals surface area contributed by atoms with Gasteiger partial charge < -0.3 is 5.73 Å². The van der Waals surface area contributed by atoms with Crippen molar-refractivity contribution < 1.29 is 8.78 Å². The van der Waals surface area contributed by atoms with Gasteiger partial charge in [0, 0.05) is 0 Å². The second-order valence-electron chi connectivity index (χ2n) is 3.78. The Kier molecular flexibility index (Phi) is 2.75. The molecule has 1 aromatic carbocycles. The third-order valence-electron chi connectivity index (χ3n) is 2.76. The van der Waals surface area contributed by atoms with Gasteiger partial charge in [-0.1, -0.05) is 6.07 Å². The van der Waals surface area contributed by atoms with Crippen molar-refractivity contribution in [2.75, 3.05) is 5.73 Å². The van der Waals surface area contributed by atoms with E-state index in [-0.39, 0.29) is 17.1 Å². The van der Waals surface area contributed by atoms with E-state index in [4.69, 9.17) is 5.73 Å². The molecule has 0 unspecified atom stereocenters. The quantitative estimate of drug-likeness (QED) is 0.826. The van der Waals surface area contributed by atoms with Crippen LogP contribution in [0.3, 0.4) is 0 Å². The van der Waals surface area contributed by atoms with Crippen LogP contribution in [0.25, 0.3) is 11.3 Å². The van der Waals surface area contributed by atoms with Crippen molar-refractivity contribution in [3.05, 3.63) is 41.0 Å². The SMILES string of the molecule is Cc1c(N)nnc(-c2c(F)cccc2F)c1C. The largest absolute Gasteiger partial charge is 0.382 e. The van der Waals surface area contributed by atoms with Crippen LogP contribution in [-0.4, -0.2) is 10.2 Å². The van der Waals surface area contributed by atoms with Gasteiger partial charge in [0.15, 0.2) is 0 Å². The first-order chi connectivity index (χ1) is 8.02. The Labute approximate surface area is 97.3 Å². The number of aromatic nitrogens is 2. The Bertz CT molecular complexity index is 562. The smallest absolute Gasteiger partial charge is 0.149 e. The Morgan fingerprint density at radius 2 is 1.59 bits per heavy atom. The van der Waals surface area contributed by atoms with Crippen molar-refractivity contribution >= 4 is 5.82 Å². The molecule has 0 radical (unpaired) electrons. The predicted molar refractivity (Wildman–Crippen MR) is 61.3 cm³/mol. The number of hydrogen-bond donors (Lipinski definition) is 1. The molecule has 1 heterocycles. The fourth-order valence-electron chi connectivity index (χ4n) is 1.59. The normalized spacial score (nSPS) is 10.6. The first kappa shape index (κ1) is 11.4. The minimum absolute atomic E-state index is 0.166. The summed E-state index contributed by atoms with van der Waals surface area (Å²) < 4.78 is 27.2. The fourth-order valence-corrected chi connectivity index (χ4v) is 1.59. The van der Waals surface area contributed by atoms with Gasteiger partial charge in [0.1, 0.15) is 23.1 Å². The van der Waals surface area contributed by atoms with Gasteiger partial charge in [-0.05, 0) is 37.1 Å². The summed E-state index contributed by atoms with van der Waals surface area (Å²) in [6, 6.07) is 3.68. The molecular weight excluding hydrogens is 224 g/mol. The van der Waals surface area contributed by atoms with Gasteiger partial charge in [-0.2, -0.15) is 0 Å². The molecule has 0 aliphatic rings. The molecule has 3 nitrogen and oxygen atoms in total. The number of nitrogens with zero attached hydrogens (tertiary/aromatic N) is 2. The highest BCUT2D eigenvalue weighted by molar-refractivity contribution is 5.67. The summed E-state index contributed by atoms with van der Waals surface area (Å²) in [5, 5.41) is 7.47. The zero-order valence-electron chi connectivity index (χ0n) is 9.46. The van der Waals surface area contributed by atoms with E-state index in [1.54, 1.807) is 13.8 Å². The average molecular weight is 235 g/mol. The number of hydrogen-bond acceptors (Lipinski definition) is 3. The molecule has 0 saturated heterocycles. The van der Waals surface area contributed by atoms with Gasteiger partial charge in [-0.25, -0.2) is 8.78 Å². The van der Waals surface area contributed by atoms with Crippen molar-refractivity contribution in [3.8, 4) is 11.3 Å². The van der Waals surface area contributed by atoms with Gasteiger partial charge in [0.05, 0.1) is 5.56 Å². The summed E-state index contributed by atoms with van der Waals surface area (Å²) in [5.74, 6) is -1.05. The lowest BCUT2D eigenvalue weighted by Gasteiger charge is -2.10. The molecule has 0 aliphatic heterocycles. The van der Waals surface area contributed by atoms with Gasteiger partial charge in [-0.15, -0.1) is 10.2 Å². The van der Waals surface area contributed by atoms with Gasteiger partial charge in [-0.3, -0.25) is 0 Å². The highest BCUT2D eigenvalue weighted by Gasteiger charge is 2.17. The van der Waals surface area contributed by atoms with Crippen LogP contribution < -0.4 is 5.73 Å². The van der Waals surface area contributed by atoms with Crippen LogP contribution in [0.2, 0.25) is 0 Å². The Balaban J connectivity index is 2.74. The number of halogens is 2. The van der Waals surface area contributed by atoms with Crippen LogP contribution in [0, 0.1) is 25.5 Å². The third kappa shape index (κ3) is 1.84. The fraction of sp³-hybridized carbons (Fsp3) is 0.167. The predicted octanol–water partition coefficient (Wildman–Crippen LogP) is 2.62. The number of nitrogens with two attached hydrogens (primary N) is 1. The van der Waals surface area contributed by atoms with Gasteiger partial charge in [0.25, 0.3) is 0 Å². The highest BCUT2D eigenvalue weighted by atomic mass is 19.1. The summed E-state index contributed by atoms with van der Waals surface area (Å²) in [6.07, 6.45) is 0. The zero-order valence-corrected chi connectivity index (χ0v) is 9.46. The van der Waals surface area contributed by atoms with E-state index in [2.05, 4.69) is 10.2 Å². The maximum absolute atomic E-state index is 13.6. The Morgan fingerprint density at radius 3 is 2.18 bits per heavy atom. The molecule has 2 N–H and O–H groups in total. The highest BCUT2D eigenvalue weighted by Crippen LogP contribution is 2.28. The van der Waals surface area contributed by atoms with E-state index < -0.39 is 11.6 Å². The van der Waals surface area contributed by atoms with Crippen LogP contribution in [-0.2, 0) is 0 Å². The second-order valence-corrected chi connectivity index (χ2v) is 3.78. The molecule has 0 fully saturated rings. The van der Waals surface area contributed by atoms with Crippen LogP contribution in [0.15, 0.2) is 18.2 Å². The van der Waals surface area contributed by atoms with E-state index in [1.807, 2.05) is 0 Å². The molecule has 0 amide bonds. The van der Waals surface area contributed by atoms with Crippen molar-refractivity contribution in [2.45, 2.75) is 13.8 Å². The first-order valence-corrected chi connectivity index (χ1v) is 5.06. The first-order valence-electron chi connectivity index (χ1n) is 5.06. The molecule has 0 aliphatic carbocycles. The topological polar surface area (TPSA) is 51.8 Å². The average Bonchev–Trinajstić information content (AvgIpc) is 2.29. The molecule has 2 rings (SSSR count). The molecule has 1 aromatic heterocycles. The van der Waals surface area contributed by atoms with Gasteiger partial charge >= 0.3 is 0 Å². The minimum atomic E-state index is -0.661. The van der Waals surface area contributed by atoms with E-state index in [0.717, 1.165) is 0 Å². The van der Waals surface area contributed by atoms with Crippen LogP contribution >= 0.6 is 0 Å². The molecule has 88 valence electrons. The third-order valence-corrected chi connectivity index (χ3v) is 2.76. The van der Waals surface area contributed by atoms with Crippen molar-refractivity contribution in [1.29, 1.82) is 0 Å². The molecule has 5 heteroatoms. The maximum atomic E-state index is 13.6. The molecule has 17 heavy (non-hydrogen) atoms. The summed E-state index contributed by atoms with van der Waals surface area (Å²) in [5.41, 5.74) is 6.91. The Morgan fingerprint density at radius 1 is 1.00 bits per heavy atom.